The molecule has 15 heavy (non-hydrogen) atoms. The molecule has 1 saturated heterocycles. The molecule has 0 aromatic rings. The third-order valence-corrected chi connectivity index (χ3v) is 3.08. The van der Waals surface area contributed by atoms with E-state index in [4.69, 9.17) is 16.3 Å². The van der Waals surface area contributed by atoms with Crippen molar-refractivity contribution in [3.63, 3.8) is 0 Å². The van der Waals surface area contributed by atoms with Crippen LogP contribution in [0.25, 0.3) is 0 Å². The molecule has 2 unspecified atom stereocenters. The zero-order valence-electron chi connectivity index (χ0n) is 9.35. The summed E-state index contributed by atoms with van der Waals surface area (Å²) in [4.78, 5) is 0. The van der Waals surface area contributed by atoms with Crippen LogP contribution in [0.2, 0.25) is 0 Å². The monoisotopic (exact) mass is 242 g/mol. The predicted octanol–water partition coefficient (Wildman–Crippen LogP) is 2.77. The van der Waals surface area contributed by atoms with Gasteiger partial charge in [0.25, 0.3) is 0 Å². The lowest BCUT2D eigenvalue weighted by atomic mass is 9.83. The van der Waals surface area contributed by atoms with Crippen LogP contribution in [0.15, 0.2) is 0 Å². The molecule has 0 aliphatic carbocycles. The molecule has 1 heterocycles. The largest absolute Gasteiger partial charge is 0.385 e. The molecule has 0 bridgehead atoms. The fraction of sp³-hybridized carbons (Fsp3) is 1.00. The molecule has 5 heteroatoms. The second-order valence-corrected chi connectivity index (χ2v) is 5.77. The van der Waals surface area contributed by atoms with Gasteiger partial charge < -0.3 is 9.84 Å². The lowest BCUT2D eigenvalue weighted by Crippen LogP contribution is -2.43. The summed E-state index contributed by atoms with van der Waals surface area (Å²) < 4.78 is 31.3. The highest BCUT2D eigenvalue weighted by molar-refractivity contribution is 6.22. The second-order valence-electron chi connectivity index (χ2n) is 5.26. The summed E-state index contributed by atoms with van der Waals surface area (Å²) in [5, 5.41) is 5.89. The third kappa shape index (κ3) is 2.80. The number of rotatable bonds is 2. The fourth-order valence-corrected chi connectivity index (χ4v) is 2.48. The first-order valence-electron chi connectivity index (χ1n) is 4.91. The van der Waals surface area contributed by atoms with Crippen LogP contribution in [0.3, 0.4) is 0 Å². The summed E-state index contributed by atoms with van der Waals surface area (Å²) in [7, 11) is 0. The van der Waals surface area contributed by atoms with Gasteiger partial charge in [-0.05, 0) is 45.7 Å². The minimum atomic E-state index is -3.61. The van der Waals surface area contributed by atoms with Gasteiger partial charge in [-0.15, -0.1) is 0 Å². The molecule has 1 rings (SSSR count). The highest BCUT2D eigenvalue weighted by atomic mass is 35.5. The van der Waals surface area contributed by atoms with Gasteiger partial charge in [0.2, 0.25) is 0 Å². The van der Waals surface area contributed by atoms with Gasteiger partial charge in [0.15, 0.2) is 0 Å². The van der Waals surface area contributed by atoms with Crippen molar-refractivity contribution in [2.24, 2.45) is 5.92 Å². The topological polar surface area (TPSA) is 29.5 Å². The molecular weight excluding hydrogens is 226 g/mol. The molecule has 0 spiro atoms. The molecular formula is C10H17ClF2O2. The SMILES string of the molecule is CC1(C)CC(C(O)C(F)(F)Cl)C(C)(C)O1. The average Bonchev–Trinajstić information content (AvgIpc) is 2.15. The van der Waals surface area contributed by atoms with E-state index in [0.29, 0.717) is 6.42 Å². The van der Waals surface area contributed by atoms with Crippen molar-refractivity contribution in [2.45, 2.75) is 56.8 Å². The maximum atomic E-state index is 12.8. The minimum absolute atomic E-state index is 0.365. The first kappa shape index (κ1) is 13.1. The Bertz CT molecular complexity index is 248. The highest BCUT2D eigenvalue weighted by Gasteiger charge is 2.54. The number of halogens is 3. The van der Waals surface area contributed by atoms with Crippen molar-refractivity contribution < 1.29 is 18.6 Å². The van der Waals surface area contributed by atoms with Gasteiger partial charge in [-0.3, -0.25) is 0 Å². The van der Waals surface area contributed by atoms with Crippen LogP contribution in [0, 0.1) is 5.92 Å². The Morgan fingerprint density at radius 2 is 1.87 bits per heavy atom. The number of alkyl halides is 3. The Morgan fingerprint density at radius 1 is 1.40 bits per heavy atom. The Kier molecular flexibility index (Phi) is 3.10. The van der Waals surface area contributed by atoms with E-state index in [1.165, 1.54) is 0 Å². The van der Waals surface area contributed by atoms with Crippen LogP contribution in [0.4, 0.5) is 8.78 Å². The van der Waals surface area contributed by atoms with Crippen LogP contribution >= 0.6 is 11.6 Å². The normalized spacial score (nSPS) is 31.6. The minimum Gasteiger partial charge on any atom is -0.385 e. The van der Waals surface area contributed by atoms with E-state index < -0.39 is 28.6 Å². The number of ether oxygens (including phenoxy) is 1. The van der Waals surface area contributed by atoms with Crippen molar-refractivity contribution in [1.29, 1.82) is 0 Å². The number of hydrogen-bond acceptors (Lipinski definition) is 2. The van der Waals surface area contributed by atoms with Gasteiger partial charge in [0.05, 0.1) is 11.2 Å². The number of hydrogen-bond donors (Lipinski definition) is 1. The lowest BCUT2D eigenvalue weighted by Gasteiger charge is -2.31. The van der Waals surface area contributed by atoms with Crippen LogP contribution in [-0.4, -0.2) is 27.8 Å². The van der Waals surface area contributed by atoms with Crippen molar-refractivity contribution in [2.75, 3.05) is 0 Å². The Balaban J connectivity index is 2.88. The highest BCUT2D eigenvalue weighted by Crippen LogP contribution is 2.47. The molecule has 2 nitrogen and oxygen atoms in total. The van der Waals surface area contributed by atoms with Gasteiger partial charge in [-0.2, -0.15) is 8.78 Å². The molecule has 90 valence electrons. The number of aliphatic hydroxyl groups excluding tert-OH is 1. The molecule has 1 aliphatic rings. The molecule has 1 N–H and O–H groups in total. The smallest absolute Gasteiger partial charge is 0.347 e. The number of aliphatic hydroxyl groups is 1. The van der Waals surface area contributed by atoms with E-state index in [9.17, 15) is 13.9 Å². The Hall–Kier alpha value is 0.0700. The van der Waals surface area contributed by atoms with Gasteiger partial charge >= 0.3 is 5.38 Å². The van der Waals surface area contributed by atoms with Gasteiger partial charge in [-0.25, -0.2) is 0 Å². The summed E-state index contributed by atoms with van der Waals surface area (Å²) in [6, 6.07) is 0. The van der Waals surface area contributed by atoms with E-state index in [1.54, 1.807) is 13.8 Å². The molecule has 1 fully saturated rings. The predicted molar refractivity (Wildman–Crippen MR) is 54.2 cm³/mol. The van der Waals surface area contributed by atoms with Gasteiger partial charge in [0.1, 0.15) is 6.10 Å². The van der Waals surface area contributed by atoms with Crippen LogP contribution in [0.1, 0.15) is 34.1 Å². The summed E-state index contributed by atoms with van der Waals surface area (Å²) in [6.07, 6.45) is -1.51. The first-order valence-corrected chi connectivity index (χ1v) is 5.28. The first-order chi connectivity index (χ1) is 6.46. The summed E-state index contributed by atoms with van der Waals surface area (Å²) >= 11 is 4.85. The van der Waals surface area contributed by atoms with Crippen LogP contribution < -0.4 is 0 Å². The van der Waals surface area contributed by atoms with Crippen molar-refractivity contribution >= 4 is 11.6 Å². The van der Waals surface area contributed by atoms with E-state index >= 15 is 0 Å². The molecule has 0 saturated carbocycles. The third-order valence-electron chi connectivity index (χ3n) is 2.86. The average molecular weight is 243 g/mol. The summed E-state index contributed by atoms with van der Waals surface area (Å²) in [5.41, 5.74) is -1.29. The van der Waals surface area contributed by atoms with E-state index in [1.807, 2.05) is 13.8 Å². The van der Waals surface area contributed by atoms with Gasteiger partial charge in [0, 0.05) is 5.92 Å². The Morgan fingerprint density at radius 3 is 2.13 bits per heavy atom. The summed E-state index contributed by atoms with van der Waals surface area (Å²) in [6.45, 7) is 7.01. The molecule has 0 aromatic carbocycles. The molecule has 0 aromatic heterocycles. The van der Waals surface area contributed by atoms with E-state index in [0.717, 1.165) is 0 Å². The second kappa shape index (κ2) is 3.54. The molecule has 0 radical (unpaired) electrons. The fourth-order valence-electron chi connectivity index (χ4n) is 2.32. The maximum absolute atomic E-state index is 12.8. The van der Waals surface area contributed by atoms with E-state index in [2.05, 4.69) is 0 Å². The van der Waals surface area contributed by atoms with E-state index in [-0.39, 0.29) is 0 Å². The van der Waals surface area contributed by atoms with Crippen LogP contribution in [-0.2, 0) is 4.74 Å². The van der Waals surface area contributed by atoms with Crippen molar-refractivity contribution in [1.82, 2.24) is 0 Å². The van der Waals surface area contributed by atoms with Gasteiger partial charge in [-0.1, -0.05) is 0 Å². The summed E-state index contributed by atoms with van der Waals surface area (Å²) in [5.74, 6) is -0.667. The van der Waals surface area contributed by atoms with Crippen molar-refractivity contribution in [3.05, 3.63) is 0 Å². The molecule has 0 amide bonds. The van der Waals surface area contributed by atoms with Crippen LogP contribution in [0.5, 0.6) is 0 Å². The molecule has 1 aliphatic heterocycles. The lowest BCUT2D eigenvalue weighted by molar-refractivity contribution is -0.122. The zero-order valence-corrected chi connectivity index (χ0v) is 10.1. The standard InChI is InChI=1S/C10H17ClF2O2/c1-8(2)5-6(9(3,4)15-8)7(14)10(11,12)13/h6-7,14H,5H2,1-4H3. The molecule has 2 atom stereocenters. The quantitative estimate of drug-likeness (QED) is 0.755. The zero-order chi connectivity index (χ0) is 12.1. The Labute approximate surface area is 93.6 Å². The maximum Gasteiger partial charge on any atom is 0.347 e. The van der Waals surface area contributed by atoms with Crippen molar-refractivity contribution in [3.8, 4) is 0 Å².